The second-order valence-electron chi connectivity index (χ2n) is 16.7. The summed E-state index contributed by atoms with van der Waals surface area (Å²) < 4.78 is 25.1. The lowest BCUT2D eigenvalue weighted by Gasteiger charge is -2.64. The summed E-state index contributed by atoms with van der Waals surface area (Å²) in [5, 5.41) is 10.4. The third-order valence-corrected chi connectivity index (χ3v) is 11.9. The highest BCUT2D eigenvalue weighted by Gasteiger charge is 2.68. The predicted octanol–water partition coefficient (Wildman–Crippen LogP) is 5.99. The molecule has 4 saturated carbocycles. The molecule has 0 spiro atoms. The zero-order valence-electron chi connectivity index (χ0n) is 31.1. The number of benzene rings is 1. The number of hydrogen-bond donors (Lipinski definition) is 3. The minimum absolute atomic E-state index is 0.00471. The Labute approximate surface area is 298 Å². The van der Waals surface area contributed by atoms with Gasteiger partial charge >= 0.3 is 13.1 Å². The third kappa shape index (κ3) is 8.00. The van der Waals surface area contributed by atoms with Gasteiger partial charge in [-0.1, -0.05) is 32.0 Å². The first kappa shape index (κ1) is 36.6. The Morgan fingerprint density at radius 1 is 1.04 bits per heavy atom. The van der Waals surface area contributed by atoms with Gasteiger partial charge in [-0.3, -0.25) is 4.79 Å². The van der Waals surface area contributed by atoms with Crippen molar-refractivity contribution in [2.24, 2.45) is 23.2 Å². The van der Waals surface area contributed by atoms with Crippen molar-refractivity contribution >= 4 is 24.8 Å². The summed E-state index contributed by atoms with van der Waals surface area (Å²) in [5.41, 5.74) is 0.303. The van der Waals surface area contributed by atoms with E-state index < -0.39 is 30.2 Å². The molecule has 2 aromatic rings. The average molecular weight is 689 g/mol. The zero-order valence-corrected chi connectivity index (χ0v) is 31.1. The summed E-state index contributed by atoms with van der Waals surface area (Å²) >= 11 is 0. The first-order chi connectivity index (χ1) is 23.8. The van der Waals surface area contributed by atoms with Crippen molar-refractivity contribution in [3.63, 3.8) is 0 Å². The number of carbonyl (C=O) groups is 2. The number of nitrogens with zero attached hydrogens (tertiary/aromatic N) is 1. The number of anilines is 1. The molecule has 10 nitrogen and oxygen atoms in total. The van der Waals surface area contributed by atoms with Crippen molar-refractivity contribution in [1.82, 2.24) is 15.6 Å². The van der Waals surface area contributed by atoms with Gasteiger partial charge in [0.2, 0.25) is 5.91 Å². The number of rotatable bonds is 13. The van der Waals surface area contributed by atoms with Crippen LogP contribution in [0.1, 0.15) is 102 Å². The molecule has 1 aromatic carbocycles. The monoisotopic (exact) mass is 688 g/mol. The predicted molar refractivity (Wildman–Crippen MR) is 195 cm³/mol. The second kappa shape index (κ2) is 14.8. The highest BCUT2D eigenvalue weighted by atomic mass is 16.7. The second-order valence-corrected chi connectivity index (χ2v) is 16.7. The molecule has 5 aliphatic rings. The van der Waals surface area contributed by atoms with Crippen molar-refractivity contribution in [1.29, 1.82) is 0 Å². The molecule has 1 aliphatic heterocycles. The fraction of sp³-hybridized carbons (Fsp3) is 0.667. The van der Waals surface area contributed by atoms with Gasteiger partial charge in [0, 0.05) is 31.7 Å². The molecular weight excluding hydrogens is 631 g/mol. The Morgan fingerprint density at radius 2 is 1.82 bits per heavy atom. The van der Waals surface area contributed by atoms with Gasteiger partial charge in [-0.05, 0) is 120 Å². The van der Waals surface area contributed by atoms with Gasteiger partial charge in [0.05, 0.1) is 24.8 Å². The molecule has 50 heavy (non-hydrogen) atoms. The first-order valence-electron chi connectivity index (χ1n) is 18.7. The minimum atomic E-state index is -0.646. The van der Waals surface area contributed by atoms with Gasteiger partial charge in [-0.15, -0.1) is 0 Å². The number of hydrogen-bond acceptors (Lipinski definition) is 9. The van der Waals surface area contributed by atoms with Crippen LogP contribution in [0.2, 0.25) is 0 Å². The highest BCUT2D eigenvalue weighted by molar-refractivity contribution is 6.48. The number of esters is 1. The van der Waals surface area contributed by atoms with E-state index in [-0.39, 0.29) is 17.4 Å². The quantitative estimate of drug-likeness (QED) is 0.132. The molecule has 1 saturated heterocycles. The van der Waals surface area contributed by atoms with Gasteiger partial charge in [0.25, 0.3) is 0 Å². The van der Waals surface area contributed by atoms with E-state index in [2.05, 4.69) is 41.7 Å². The summed E-state index contributed by atoms with van der Waals surface area (Å²) in [6, 6.07) is 11.8. The van der Waals surface area contributed by atoms with Crippen LogP contribution < -0.4 is 20.7 Å². The van der Waals surface area contributed by atoms with Crippen molar-refractivity contribution in [3.8, 4) is 5.75 Å². The maximum Gasteiger partial charge on any atom is 0.482 e. The van der Waals surface area contributed by atoms with Crippen molar-refractivity contribution < 1.29 is 28.4 Å². The number of pyridine rings is 1. The number of para-hydroxylation sites is 1. The lowest BCUT2D eigenvalue weighted by molar-refractivity contribution is -0.199. The summed E-state index contributed by atoms with van der Waals surface area (Å²) in [6.45, 7) is 14.1. The van der Waals surface area contributed by atoms with Crippen molar-refractivity contribution in [2.75, 3.05) is 25.5 Å². The molecule has 4 aliphatic carbocycles. The van der Waals surface area contributed by atoms with Crippen LogP contribution in [0.15, 0.2) is 42.6 Å². The van der Waals surface area contributed by atoms with Gasteiger partial charge in [-0.25, -0.2) is 9.78 Å². The molecular formula is C39H57BN4O6. The highest BCUT2D eigenvalue weighted by Crippen LogP contribution is 2.65. The number of methoxy groups -OCH3 is 1. The van der Waals surface area contributed by atoms with E-state index in [1.807, 2.05) is 51.1 Å². The van der Waals surface area contributed by atoms with Crippen LogP contribution in [0, 0.1) is 23.2 Å². The maximum atomic E-state index is 13.8. The lowest BCUT2D eigenvalue weighted by Crippen LogP contribution is -2.65. The lowest BCUT2D eigenvalue weighted by atomic mass is 9.43. The van der Waals surface area contributed by atoms with Gasteiger partial charge in [-0.2, -0.15) is 0 Å². The molecule has 1 aromatic heterocycles. The third-order valence-electron chi connectivity index (χ3n) is 11.9. The van der Waals surface area contributed by atoms with Crippen LogP contribution in [0.5, 0.6) is 5.75 Å². The van der Waals surface area contributed by atoms with Crippen LogP contribution in [0.4, 0.5) is 5.82 Å². The molecule has 11 heteroatoms. The first-order valence-corrected chi connectivity index (χ1v) is 18.7. The molecule has 7 rings (SSSR count). The Bertz CT molecular complexity index is 1490. The number of amides is 1. The van der Waals surface area contributed by atoms with Crippen LogP contribution in [-0.4, -0.2) is 73.5 Å². The molecule has 0 unspecified atom stereocenters. The number of carbonyl (C=O) groups excluding carboxylic acids is 2. The standard InChI is InChI=1S/C39H57BN4O6/c1-37(2,3)48-36(46)29-12-10-11-26(35(29)47-7)22-32(40-49-31-24-27-23-30(38(27,4)5)39(31,6)50-40)44-34(45)21-25-14-16-28(17-15-25)41-19-20-43-33-13-8-9-18-42-33/h8-13,18,25,27-28,30-32,41H,14-17,19-24H2,1-7H3,(H,42,43)(H,44,45)/t25?,27-,28?,30-,31+,32+,39-/m0/s1. The normalized spacial score (nSPS) is 28.9. The summed E-state index contributed by atoms with van der Waals surface area (Å²) in [6.07, 6.45) is 8.85. The summed E-state index contributed by atoms with van der Waals surface area (Å²) in [4.78, 5) is 31.3. The number of aromatic nitrogens is 1. The molecule has 2 bridgehead atoms. The molecule has 1 amide bonds. The smallest absolute Gasteiger partial charge is 0.482 e. The van der Waals surface area contributed by atoms with E-state index in [9.17, 15) is 9.59 Å². The van der Waals surface area contributed by atoms with E-state index in [0.29, 0.717) is 48.0 Å². The van der Waals surface area contributed by atoms with Crippen LogP contribution in [0.3, 0.4) is 0 Å². The largest absolute Gasteiger partial charge is 0.496 e. The molecule has 0 radical (unpaired) electrons. The molecule has 5 atom stereocenters. The topological polar surface area (TPSA) is 120 Å². The SMILES string of the molecule is COc1c(C[C@@H](NC(=O)CC2CCC(NCCNc3ccccn3)CC2)B2O[C@@H]3C[C@@H]4C[C@@H](C4(C)C)[C@]3(C)O2)cccc1C(=O)OC(C)(C)C. The van der Waals surface area contributed by atoms with Gasteiger partial charge in [0.15, 0.2) is 0 Å². The molecule has 2 heterocycles. The van der Waals surface area contributed by atoms with Crippen LogP contribution >= 0.6 is 0 Å². The fourth-order valence-corrected chi connectivity index (χ4v) is 9.04. The van der Waals surface area contributed by atoms with E-state index >= 15 is 0 Å². The van der Waals surface area contributed by atoms with Gasteiger partial charge < -0.3 is 34.7 Å². The van der Waals surface area contributed by atoms with Crippen molar-refractivity contribution in [2.45, 2.75) is 122 Å². The fourth-order valence-electron chi connectivity index (χ4n) is 9.04. The Kier molecular flexibility index (Phi) is 10.9. The summed E-state index contributed by atoms with van der Waals surface area (Å²) in [7, 11) is 0.953. The number of ether oxygens (including phenoxy) is 2. The molecule has 5 fully saturated rings. The minimum Gasteiger partial charge on any atom is -0.496 e. The Balaban J connectivity index is 1.10. The van der Waals surface area contributed by atoms with E-state index in [4.69, 9.17) is 18.8 Å². The van der Waals surface area contributed by atoms with E-state index in [0.717, 1.165) is 63.0 Å². The van der Waals surface area contributed by atoms with E-state index in [1.54, 1.807) is 19.4 Å². The average Bonchev–Trinajstić information content (AvgIpc) is 3.44. The Morgan fingerprint density at radius 3 is 2.50 bits per heavy atom. The maximum absolute atomic E-state index is 13.8. The Hall–Kier alpha value is -3.15. The zero-order chi connectivity index (χ0) is 35.7. The number of nitrogens with one attached hydrogen (secondary N) is 3. The molecule has 3 N–H and O–H groups in total. The summed E-state index contributed by atoms with van der Waals surface area (Å²) in [5.74, 6) is 1.78. The van der Waals surface area contributed by atoms with E-state index in [1.165, 1.54) is 0 Å². The van der Waals surface area contributed by atoms with Crippen LogP contribution in [0.25, 0.3) is 0 Å². The molecule has 272 valence electrons. The van der Waals surface area contributed by atoms with Crippen molar-refractivity contribution in [3.05, 3.63) is 53.7 Å². The van der Waals surface area contributed by atoms with Gasteiger partial charge in [0.1, 0.15) is 22.7 Å². The van der Waals surface area contributed by atoms with Crippen LogP contribution in [-0.2, 0) is 25.3 Å².